The van der Waals surface area contributed by atoms with E-state index in [0.717, 1.165) is 7.11 Å². The number of methoxy groups -OCH3 is 2. The molecule has 0 amide bonds. The molecule has 1 atom stereocenters. The molecule has 4 nitrogen and oxygen atoms in total. The zero-order valence-corrected chi connectivity index (χ0v) is 12.1. The van der Waals surface area contributed by atoms with E-state index in [2.05, 4.69) is 10.1 Å². The highest BCUT2D eigenvalue weighted by Crippen LogP contribution is 2.24. The Hall–Kier alpha value is -1.76. The number of ether oxygens (including phenoxy) is 2. The Kier molecular flexibility index (Phi) is 5.60. The highest BCUT2D eigenvalue weighted by molar-refractivity contribution is 5.80. The molecule has 0 fully saturated rings. The Morgan fingerprint density at radius 1 is 1.24 bits per heavy atom. The zero-order chi connectivity index (χ0) is 16.1. The van der Waals surface area contributed by atoms with Crippen molar-refractivity contribution in [3.05, 3.63) is 29.8 Å². The third-order valence-corrected chi connectivity index (χ3v) is 3.05. The van der Waals surface area contributed by atoms with E-state index in [0.29, 0.717) is 11.3 Å². The molecule has 0 saturated carbocycles. The number of hydrogen-bond acceptors (Lipinski definition) is 4. The number of carbonyl (C=O) groups excluding carboxylic acids is 1. The van der Waals surface area contributed by atoms with Gasteiger partial charge in [0.2, 0.25) is 0 Å². The molecule has 0 heterocycles. The molecule has 1 unspecified atom stereocenters. The van der Waals surface area contributed by atoms with Gasteiger partial charge in [0.05, 0.1) is 20.8 Å². The standard InChI is InChI=1S/C14H18F3NO3/c1-13(12(19)21-3,18-9-14(15,16)17)8-10-6-4-5-7-11(10)20-2/h4-7,18H,8-9H2,1-3H3. The van der Waals surface area contributed by atoms with Gasteiger partial charge in [-0.25, -0.2) is 0 Å². The molecule has 0 saturated heterocycles. The van der Waals surface area contributed by atoms with Gasteiger partial charge in [0.25, 0.3) is 0 Å². The first-order valence-electron chi connectivity index (χ1n) is 6.24. The number of para-hydroxylation sites is 1. The second kappa shape index (κ2) is 6.80. The van der Waals surface area contributed by atoms with E-state index < -0.39 is 24.2 Å². The molecular weight excluding hydrogens is 287 g/mol. The molecular formula is C14H18F3NO3. The summed E-state index contributed by atoms with van der Waals surface area (Å²) in [6, 6.07) is 6.83. The minimum Gasteiger partial charge on any atom is -0.496 e. The number of halogens is 3. The first-order valence-corrected chi connectivity index (χ1v) is 6.24. The predicted molar refractivity (Wildman–Crippen MR) is 71.2 cm³/mol. The molecule has 0 bridgehead atoms. The number of nitrogens with one attached hydrogen (secondary N) is 1. The molecule has 0 aliphatic heterocycles. The minimum absolute atomic E-state index is 0.0137. The van der Waals surface area contributed by atoms with Crippen LogP contribution in [0.4, 0.5) is 13.2 Å². The van der Waals surface area contributed by atoms with E-state index in [-0.39, 0.29) is 6.42 Å². The number of rotatable bonds is 6. The quantitative estimate of drug-likeness (QED) is 0.820. The monoisotopic (exact) mass is 305 g/mol. The van der Waals surface area contributed by atoms with Crippen LogP contribution in [0, 0.1) is 0 Å². The van der Waals surface area contributed by atoms with E-state index in [1.54, 1.807) is 24.3 Å². The van der Waals surface area contributed by atoms with Gasteiger partial charge in [-0.05, 0) is 18.6 Å². The summed E-state index contributed by atoms with van der Waals surface area (Å²) in [4.78, 5) is 11.9. The third kappa shape index (κ3) is 4.93. The largest absolute Gasteiger partial charge is 0.496 e. The number of alkyl halides is 3. The van der Waals surface area contributed by atoms with Crippen LogP contribution < -0.4 is 10.1 Å². The smallest absolute Gasteiger partial charge is 0.401 e. The Bertz CT molecular complexity index is 491. The Morgan fingerprint density at radius 2 is 1.86 bits per heavy atom. The fourth-order valence-corrected chi connectivity index (χ4v) is 1.96. The summed E-state index contributed by atoms with van der Waals surface area (Å²) < 4.78 is 47.0. The van der Waals surface area contributed by atoms with Crippen LogP contribution in [0.2, 0.25) is 0 Å². The van der Waals surface area contributed by atoms with Crippen LogP contribution in [-0.2, 0) is 16.0 Å². The Balaban J connectivity index is 3.00. The molecule has 0 aliphatic rings. The van der Waals surface area contributed by atoms with Crippen molar-refractivity contribution in [2.45, 2.75) is 25.1 Å². The van der Waals surface area contributed by atoms with Crippen molar-refractivity contribution in [2.24, 2.45) is 0 Å². The van der Waals surface area contributed by atoms with Gasteiger partial charge in [-0.15, -0.1) is 0 Å². The molecule has 1 rings (SSSR count). The average Bonchev–Trinajstić information content (AvgIpc) is 2.44. The van der Waals surface area contributed by atoms with Crippen molar-refractivity contribution in [1.82, 2.24) is 5.32 Å². The van der Waals surface area contributed by atoms with Crippen molar-refractivity contribution in [3.8, 4) is 5.75 Å². The highest BCUT2D eigenvalue weighted by atomic mass is 19.4. The fraction of sp³-hybridized carbons (Fsp3) is 0.500. The van der Waals surface area contributed by atoms with Gasteiger partial charge in [0.15, 0.2) is 0 Å². The maximum atomic E-state index is 12.4. The summed E-state index contributed by atoms with van der Waals surface area (Å²) in [7, 11) is 2.59. The van der Waals surface area contributed by atoms with Gasteiger partial charge in [-0.3, -0.25) is 10.1 Å². The summed E-state index contributed by atoms with van der Waals surface area (Å²) in [6.07, 6.45) is -4.41. The van der Waals surface area contributed by atoms with Crippen molar-refractivity contribution in [1.29, 1.82) is 0 Å². The SMILES string of the molecule is COC(=O)C(C)(Cc1ccccc1OC)NCC(F)(F)F. The van der Waals surface area contributed by atoms with E-state index in [1.807, 2.05) is 0 Å². The third-order valence-electron chi connectivity index (χ3n) is 3.05. The van der Waals surface area contributed by atoms with Crippen LogP contribution in [0.15, 0.2) is 24.3 Å². The van der Waals surface area contributed by atoms with Crippen molar-refractivity contribution in [3.63, 3.8) is 0 Å². The van der Waals surface area contributed by atoms with Gasteiger partial charge in [-0.2, -0.15) is 13.2 Å². The lowest BCUT2D eigenvalue weighted by atomic mass is 9.92. The van der Waals surface area contributed by atoms with Crippen molar-refractivity contribution < 1.29 is 27.4 Å². The minimum atomic E-state index is -4.42. The number of hydrogen-bond donors (Lipinski definition) is 1. The Morgan fingerprint density at radius 3 is 2.38 bits per heavy atom. The van der Waals surface area contributed by atoms with Crippen LogP contribution in [0.5, 0.6) is 5.75 Å². The van der Waals surface area contributed by atoms with Crippen LogP contribution in [0.1, 0.15) is 12.5 Å². The van der Waals surface area contributed by atoms with Gasteiger partial charge in [0.1, 0.15) is 11.3 Å². The normalized spacial score (nSPS) is 14.4. The first-order chi connectivity index (χ1) is 9.72. The van der Waals surface area contributed by atoms with E-state index in [4.69, 9.17) is 4.74 Å². The molecule has 21 heavy (non-hydrogen) atoms. The Labute approximate surface area is 121 Å². The number of benzene rings is 1. The lowest BCUT2D eigenvalue weighted by Gasteiger charge is -2.29. The maximum Gasteiger partial charge on any atom is 0.401 e. The van der Waals surface area contributed by atoms with Crippen LogP contribution in [0.25, 0.3) is 0 Å². The molecule has 7 heteroatoms. The molecule has 1 aromatic rings. The van der Waals surface area contributed by atoms with Crippen LogP contribution in [-0.4, -0.2) is 38.4 Å². The summed E-state index contributed by atoms with van der Waals surface area (Å²) in [5.74, 6) is -0.265. The average molecular weight is 305 g/mol. The second-order valence-corrected chi connectivity index (χ2v) is 4.78. The van der Waals surface area contributed by atoms with Crippen LogP contribution >= 0.6 is 0 Å². The number of carbonyl (C=O) groups is 1. The summed E-state index contributed by atoms with van der Waals surface area (Å²) >= 11 is 0. The molecule has 0 spiro atoms. The zero-order valence-electron chi connectivity index (χ0n) is 12.1. The topological polar surface area (TPSA) is 47.6 Å². The van der Waals surface area contributed by atoms with E-state index in [9.17, 15) is 18.0 Å². The molecule has 118 valence electrons. The molecule has 1 aromatic carbocycles. The van der Waals surface area contributed by atoms with Gasteiger partial charge < -0.3 is 9.47 Å². The van der Waals surface area contributed by atoms with Gasteiger partial charge in [-0.1, -0.05) is 18.2 Å². The summed E-state index contributed by atoms with van der Waals surface area (Å²) in [5, 5.41) is 2.23. The molecule has 0 radical (unpaired) electrons. The maximum absolute atomic E-state index is 12.4. The van der Waals surface area contributed by atoms with Crippen molar-refractivity contribution in [2.75, 3.05) is 20.8 Å². The van der Waals surface area contributed by atoms with E-state index in [1.165, 1.54) is 14.0 Å². The van der Waals surface area contributed by atoms with Gasteiger partial charge in [0, 0.05) is 6.42 Å². The summed E-state index contributed by atoms with van der Waals surface area (Å²) in [5.41, 5.74) is -0.888. The van der Waals surface area contributed by atoms with E-state index >= 15 is 0 Å². The van der Waals surface area contributed by atoms with Gasteiger partial charge >= 0.3 is 12.1 Å². The predicted octanol–water partition coefficient (Wildman–Crippen LogP) is 2.32. The summed E-state index contributed by atoms with van der Waals surface area (Å²) in [6.45, 7) is 0.0881. The molecule has 0 aliphatic carbocycles. The lowest BCUT2D eigenvalue weighted by molar-refractivity contribution is -0.152. The fourth-order valence-electron chi connectivity index (χ4n) is 1.96. The van der Waals surface area contributed by atoms with Crippen molar-refractivity contribution >= 4 is 5.97 Å². The van der Waals surface area contributed by atoms with Crippen LogP contribution in [0.3, 0.4) is 0 Å². The highest BCUT2D eigenvalue weighted by Gasteiger charge is 2.39. The molecule has 1 N–H and O–H groups in total. The lowest BCUT2D eigenvalue weighted by Crippen LogP contribution is -2.54. The second-order valence-electron chi connectivity index (χ2n) is 4.78. The molecule has 0 aromatic heterocycles. The number of esters is 1. The first kappa shape index (κ1) is 17.3.